The van der Waals surface area contributed by atoms with Crippen LogP contribution in [0.5, 0.6) is 0 Å². The molecule has 0 spiro atoms. The Morgan fingerprint density at radius 2 is 2.05 bits per heavy atom. The topological polar surface area (TPSA) is 58.6 Å². The predicted molar refractivity (Wildman–Crippen MR) is 84.2 cm³/mol. The number of hydrogen-bond acceptors (Lipinski definition) is 3. The minimum absolute atomic E-state index is 0.101. The van der Waals surface area contributed by atoms with E-state index in [1.807, 2.05) is 13.0 Å². The van der Waals surface area contributed by atoms with E-state index in [0.717, 1.165) is 5.56 Å². The lowest BCUT2D eigenvalue weighted by Crippen LogP contribution is -2.43. The van der Waals surface area contributed by atoms with Crippen LogP contribution < -0.4 is 5.32 Å². The van der Waals surface area contributed by atoms with Crippen molar-refractivity contribution in [2.45, 2.75) is 46.1 Å². The molecule has 1 unspecified atom stereocenters. The van der Waals surface area contributed by atoms with Gasteiger partial charge in [-0.3, -0.25) is 0 Å². The van der Waals surface area contributed by atoms with Crippen molar-refractivity contribution in [1.29, 1.82) is 0 Å². The predicted octanol–water partition coefficient (Wildman–Crippen LogP) is 3.28. The molecule has 0 aliphatic carbocycles. The number of halogens is 1. The van der Waals surface area contributed by atoms with Crippen molar-refractivity contribution >= 4 is 6.09 Å². The summed E-state index contributed by atoms with van der Waals surface area (Å²) in [6.45, 7) is 7.48. The number of amides is 1. The van der Waals surface area contributed by atoms with E-state index in [-0.39, 0.29) is 19.0 Å². The summed E-state index contributed by atoms with van der Waals surface area (Å²) in [5.74, 6) is -0.305. The summed E-state index contributed by atoms with van der Waals surface area (Å²) < 4.78 is 18.5. The SMILES string of the molecule is CCC(CO)(CNC(=O)OC(C)(C)C)Cc1cccc(F)c1. The zero-order valence-electron chi connectivity index (χ0n) is 13.8. The number of carbonyl (C=O) groups is 1. The highest BCUT2D eigenvalue weighted by Crippen LogP contribution is 2.26. The standard InChI is InChI=1S/C17H26FNO3/c1-5-17(12-20,10-13-7-6-8-14(18)9-13)11-19-15(21)22-16(2,3)4/h6-9,20H,5,10-12H2,1-4H3,(H,19,21). The Morgan fingerprint density at radius 3 is 2.55 bits per heavy atom. The van der Waals surface area contributed by atoms with Gasteiger partial charge in [0, 0.05) is 12.0 Å². The van der Waals surface area contributed by atoms with E-state index in [9.17, 15) is 14.3 Å². The van der Waals surface area contributed by atoms with E-state index >= 15 is 0 Å². The van der Waals surface area contributed by atoms with Crippen LogP contribution in [0.15, 0.2) is 24.3 Å². The van der Waals surface area contributed by atoms with Crippen molar-refractivity contribution in [3.63, 3.8) is 0 Å². The minimum atomic E-state index is -0.569. The van der Waals surface area contributed by atoms with E-state index in [2.05, 4.69) is 5.32 Å². The molecule has 0 aromatic heterocycles. The lowest BCUT2D eigenvalue weighted by molar-refractivity contribution is 0.0461. The van der Waals surface area contributed by atoms with Gasteiger partial charge in [0.25, 0.3) is 0 Å². The van der Waals surface area contributed by atoms with Crippen molar-refractivity contribution in [3.05, 3.63) is 35.6 Å². The maximum absolute atomic E-state index is 13.3. The third-order valence-corrected chi connectivity index (χ3v) is 3.56. The highest BCUT2D eigenvalue weighted by molar-refractivity contribution is 5.67. The van der Waals surface area contributed by atoms with Crippen molar-refractivity contribution in [1.82, 2.24) is 5.32 Å². The monoisotopic (exact) mass is 311 g/mol. The Labute approximate surface area is 131 Å². The van der Waals surface area contributed by atoms with Gasteiger partial charge in [-0.15, -0.1) is 0 Å². The van der Waals surface area contributed by atoms with Crippen LogP contribution in [0.1, 0.15) is 39.7 Å². The number of hydrogen-bond donors (Lipinski definition) is 2. The van der Waals surface area contributed by atoms with Crippen molar-refractivity contribution < 1.29 is 19.0 Å². The van der Waals surface area contributed by atoms with Gasteiger partial charge in [-0.1, -0.05) is 19.1 Å². The first-order valence-electron chi connectivity index (χ1n) is 7.52. The van der Waals surface area contributed by atoms with E-state index in [1.54, 1.807) is 26.8 Å². The Balaban J connectivity index is 2.72. The fourth-order valence-electron chi connectivity index (χ4n) is 2.19. The molecule has 1 aromatic rings. The Kier molecular flexibility index (Phi) is 6.35. The normalized spacial score (nSPS) is 14.3. The molecule has 124 valence electrons. The molecule has 1 rings (SSSR count). The largest absolute Gasteiger partial charge is 0.444 e. The van der Waals surface area contributed by atoms with Crippen molar-refractivity contribution in [3.8, 4) is 0 Å². The lowest BCUT2D eigenvalue weighted by Gasteiger charge is -2.31. The Morgan fingerprint density at radius 1 is 1.36 bits per heavy atom. The fourth-order valence-corrected chi connectivity index (χ4v) is 2.19. The van der Waals surface area contributed by atoms with Gasteiger partial charge in [0.05, 0.1) is 6.61 Å². The average molecular weight is 311 g/mol. The molecule has 0 heterocycles. The van der Waals surface area contributed by atoms with E-state index < -0.39 is 17.1 Å². The van der Waals surface area contributed by atoms with Crippen molar-refractivity contribution in [2.24, 2.45) is 5.41 Å². The molecule has 1 amide bonds. The van der Waals surface area contributed by atoms with Gasteiger partial charge in [0.15, 0.2) is 0 Å². The minimum Gasteiger partial charge on any atom is -0.444 e. The summed E-state index contributed by atoms with van der Waals surface area (Å²) in [5, 5.41) is 12.5. The summed E-state index contributed by atoms with van der Waals surface area (Å²) in [4.78, 5) is 11.8. The second-order valence-electron chi connectivity index (χ2n) is 6.67. The molecule has 1 aromatic carbocycles. The lowest BCUT2D eigenvalue weighted by atomic mass is 9.80. The van der Waals surface area contributed by atoms with E-state index in [1.165, 1.54) is 12.1 Å². The second kappa shape index (κ2) is 7.58. The maximum Gasteiger partial charge on any atom is 0.407 e. The molecule has 0 aliphatic heterocycles. The number of ether oxygens (including phenoxy) is 1. The molecule has 0 radical (unpaired) electrons. The molecule has 4 nitrogen and oxygen atoms in total. The summed E-state index contributed by atoms with van der Waals surface area (Å²) in [6, 6.07) is 6.29. The molecule has 0 bridgehead atoms. The van der Waals surface area contributed by atoms with Gasteiger partial charge < -0.3 is 15.2 Å². The maximum atomic E-state index is 13.3. The van der Waals surface area contributed by atoms with Crippen LogP contribution in [0.25, 0.3) is 0 Å². The van der Waals surface area contributed by atoms with E-state index in [0.29, 0.717) is 12.8 Å². The molecular formula is C17H26FNO3. The molecule has 1 atom stereocenters. The van der Waals surface area contributed by atoms with Crippen LogP contribution >= 0.6 is 0 Å². The molecule has 2 N–H and O–H groups in total. The average Bonchev–Trinajstić information content (AvgIpc) is 2.42. The molecule has 0 fully saturated rings. The molecule has 22 heavy (non-hydrogen) atoms. The third-order valence-electron chi connectivity index (χ3n) is 3.56. The quantitative estimate of drug-likeness (QED) is 0.847. The summed E-state index contributed by atoms with van der Waals surface area (Å²) in [7, 11) is 0. The highest BCUT2D eigenvalue weighted by atomic mass is 19.1. The second-order valence-corrected chi connectivity index (χ2v) is 6.67. The van der Waals surface area contributed by atoms with Crippen molar-refractivity contribution in [2.75, 3.05) is 13.2 Å². The molecule has 0 saturated carbocycles. The number of carbonyl (C=O) groups excluding carboxylic acids is 1. The highest BCUT2D eigenvalue weighted by Gasteiger charge is 2.29. The number of alkyl carbamates (subject to hydrolysis) is 1. The number of benzene rings is 1. The molecular weight excluding hydrogens is 285 g/mol. The van der Waals surface area contributed by atoms with Gasteiger partial charge in [0.2, 0.25) is 0 Å². The first-order valence-corrected chi connectivity index (χ1v) is 7.52. The van der Waals surface area contributed by atoms with Crippen LogP contribution in [0, 0.1) is 11.2 Å². The van der Waals surface area contributed by atoms with Gasteiger partial charge in [-0.2, -0.15) is 0 Å². The smallest absolute Gasteiger partial charge is 0.407 e. The van der Waals surface area contributed by atoms with Crippen LogP contribution in [0.3, 0.4) is 0 Å². The van der Waals surface area contributed by atoms with Gasteiger partial charge >= 0.3 is 6.09 Å². The zero-order valence-corrected chi connectivity index (χ0v) is 13.8. The zero-order chi connectivity index (χ0) is 16.8. The van der Waals surface area contributed by atoms with Gasteiger partial charge in [-0.25, -0.2) is 9.18 Å². The fraction of sp³-hybridized carbons (Fsp3) is 0.588. The number of nitrogens with one attached hydrogen (secondary N) is 1. The molecule has 5 heteroatoms. The summed E-state index contributed by atoms with van der Waals surface area (Å²) >= 11 is 0. The number of rotatable bonds is 6. The first-order chi connectivity index (χ1) is 10.2. The number of aliphatic hydroxyl groups is 1. The first kappa shape index (κ1) is 18.4. The number of aliphatic hydroxyl groups excluding tert-OH is 1. The third kappa shape index (κ3) is 6.02. The Bertz CT molecular complexity index is 493. The van der Waals surface area contributed by atoms with Gasteiger partial charge in [0.1, 0.15) is 11.4 Å². The van der Waals surface area contributed by atoms with E-state index in [4.69, 9.17) is 4.74 Å². The molecule has 0 saturated heterocycles. The summed E-state index contributed by atoms with van der Waals surface area (Å²) in [6.07, 6.45) is 0.613. The van der Waals surface area contributed by atoms with Crippen LogP contribution in [0.4, 0.5) is 9.18 Å². The van der Waals surface area contributed by atoms with Crippen LogP contribution in [0.2, 0.25) is 0 Å². The van der Waals surface area contributed by atoms with Crippen LogP contribution in [-0.2, 0) is 11.2 Å². The van der Waals surface area contributed by atoms with Crippen LogP contribution in [-0.4, -0.2) is 30.0 Å². The molecule has 0 aliphatic rings. The Hall–Kier alpha value is -1.62. The van der Waals surface area contributed by atoms with Gasteiger partial charge in [-0.05, 0) is 51.3 Å². The summed E-state index contributed by atoms with van der Waals surface area (Å²) in [5.41, 5.74) is -0.312.